The molecule has 1 aromatic rings. The van der Waals surface area contributed by atoms with Crippen molar-refractivity contribution >= 4 is 0 Å². The number of benzene rings is 1. The topological polar surface area (TPSA) is 38.5 Å². The summed E-state index contributed by atoms with van der Waals surface area (Å²) in [4.78, 5) is 2.33. The van der Waals surface area contributed by atoms with E-state index in [2.05, 4.69) is 16.7 Å². The fraction of sp³-hybridized carbons (Fsp3) is 0.500. The molecule has 108 valence electrons. The smallest absolute Gasteiger partial charge is 0.124 e. The summed E-state index contributed by atoms with van der Waals surface area (Å²) >= 11 is 0. The quantitative estimate of drug-likeness (QED) is 0.855. The van der Waals surface area contributed by atoms with E-state index in [0.29, 0.717) is 6.10 Å². The van der Waals surface area contributed by atoms with Gasteiger partial charge in [0.2, 0.25) is 0 Å². The predicted molar refractivity (Wildman–Crippen MR) is 77.6 cm³/mol. The normalized spacial score (nSPS) is 19.4. The molecule has 1 heterocycles. The lowest BCUT2D eigenvalue weighted by Gasteiger charge is -2.32. The van der Waals surface area contributed by atoms with Crippen molar-refractivity contribution in [3.05, 3.63) is 35.1 Å². The van der Waals surface area contributed by atoms with Crippen LogP contribution in [0.25, 0.3) is 0 Å². The lowest BCUT2D eigenvalue weighted by molar-refractivity contribution is 0.0285. The first kappa shape index (κ1) is 15.0. The molecular formula is C16H21FN2O. The summed E-state index contributed by atoms with van der Waals surface area (Å²) in [5, 5.41) is 0. The summed E-state index contributed by atoms with van der Waals surface area (Å²) in [7, 11) is 1.75. The van der Waals surface area contributed by atoms with Gasteiger partial charge in [0.1, 0.15) is 5.82 Å². The number of rotatable bonds is 3. The van der Waals surface area contributed by atoms with Gasteiger partial charge in [-0.15, -0.1) is 0 Å². The Bertz CT molecular complexity index is 507. The number of likely N-dealkylation sites (tertiary alicyclic amines) is 1. The summed E-state index contributed by atoms with van der Waals surface area (Å²) in [6.45, 7) is 3.01. The van der Waals surface area contributed by atoms with Crippen LogP contribution >= 0.6 is 0 Å². The number of piperidine rings is 1. The third-order valence-electron chi connectivity index (χ3n) is 3.59. The van der Waals surface area contributed by atoms with Gasteiger partial charge in [-0.2, -0.15) is 0 Å². The number of methoxy groups -OCH3 is 1. The van der Waals surface area contributed by atoms with Crippen molar-refractivity contribution < 1.29 is 9.13 Å². The van der Waals surface area contributed by atoms with E-state index in [0.717, 1.165) is 43.6 Å². The summed E-state index contributed by atoms with van der Waals surface area (Å²) in [6, 6.07) is 4.78. The zero-order valence-corrected chi connectivity index (χ0v) is 11.9. The minimum absolute atomic E-state index is 0.261. The van der Waals surface area contributed by atoms with Crippen molar-refractivity contribution in [2.45, 2.75) is 25.5 Å². The third kappa shape index (κ3) is 4.04. The summed E-state index contributed by atoms with van der Waals surface area (Å²) in [5.41, 5.74) is 7.17. The molecule has 2 N–H and O–H groups in total. The average Bonchev–Trinajstić information content (AvgIpc) is 2.47. The van der Waals surface area contributed by atoms with Crippen LogP contribution in [0, 0.1) is 17.7 Å². The molecule has 1 fully saturated rings. The van der Waals surface area contributed by atoms with Crippen LogP contribution in [0.4, 0.5) is 4.39 Å². The van der Waals surface area contributed by atoms with Crippen LogP contribution in [0.2, 0.25) is 0 Å². The second kappa shape index (κ2) is 7.39. The van der Waals surface area contributed by atoms with Gasteiger partial charge in [-0.1, -0.05) is 17.9 Å². The maximum atomic E-state index is 13.3. The van der Waals surface area contributed by atoms with Crippen LogP contribution in [0.15, 0.2) is 18.2 Å². The molecule has 0 radical (unpaired) electrons. The molecule has 0 saturated carbocycles. The molecule has 2 rings (SSSR count). The van der Waals surface area contributed by atoms with E-state index >= 15 is 0 Å². The Kier molecular flexibility index (Phi) is 5.54. The van der Waals surface area contributed by atoms with Crippen LogP contribution in [0.1, 0.15) is 24.0 Å². The molecule has 0 aromatic heterocycles. The van der Waals surface area contributed by atoms with Crippen LogP contribution in [-0.2, 0) is 11.3 Å². The molecule has 0 spiro atoms. The van der Waals surface area contributed by atoms with Gasteiger partial charge in [0.05, 0.1) is 12.6 Å². The number of hydrogen-bond donors (Lipinski definition) is 1. The largest absolute Gasteiger partial charge is 0.380 e. The summed E-state index contributed by atoms with van der Waals surface area (Å²) in [5.74, 6) is 5.49. The van der Waals surface area contributed by atoms with Gasteiger partial charge in [0.25, 0.3) is 0 Å². The first-order valence-electron chi connectivity index (χ1n) is 6.95. The molecule has 1 atom stereocenters. The summed E-state index contributed by atoms with van der Waals surface area (Å²) < 4.78 is 18.8. The van der Waals surface area contributed by atoms with Crippen molar-refractivity contribution in [2.75, 3.05) is 26.7 Å². The monoisotopic (exact) mass is 276 g/mol. The fourth-order valence-corrected chi connectivity index (χ4v) is 2.54. The summed E-state index contributed by atoms with van der Waals surface area (Å²) in [6.07, 6.45) is 2.53. The molecule has 1 unspecified atom stereocenters. The molecule has 1 aliphatic heterocycles. The number of halogens is 1. The number of hydrogen-bond acceptors (Lipinski definition) is 3. The van der Waals surface area contributed by atoms with Crippen molar-refractivity contribution in [1.82, 2.24) is 4.90 Å². The zero-order valence-electron chi connectivity index (χ0n) is 11.9. The molecule has 0 aliphatic carbocycles. The van der Waals surface area contributed by atoms with E-state index < -0.39 is 0 Å². The molecule has 1 aromatic carbocycles. The van der Waals surface area contributed by atoms with Gasteiger partial charge >= 0.3 is 0 Å². The van der Waals surface area contributed by atoms with Crippen LogP contribution in [0.5, 0.6) is 0 Å². The molecule has 1 saturated heterocycles. The predicted octanol–water partition coefficient (Wildman–Crippen LogP) is 1.75. The number of nitrogens with two attached hydrogens (primary N) is 1. The number of nitrogens with zero attached hydrogens (tertiary/aromatic N) is 1. The van der Waals surface area contributed by atoms with Crippen molar-refractivity contribution in [3.63, 3.8) is 0 Å². The van der Waals surface area contributed by atoms with Crippen molar-refractivity contribution in [1.29, 1.82) is 0 Å². The van der Waals surface area contributed by atoms with E-state index in [1.165, 1.54) is 12.1 Å². The van der Waals surface area contributed by atoms with E-state index in [1.807, 2.05) is 6.07 Å². The number of ether oxygens (including phenoxy) is 1. The first-order chi connectivity index (χ1) is 9.72. The Hall–Kier alpha value is -1.41. The highest BCUT2D eigenvalue weighted by Gasteiger charge is 2.20. The SMILES string of the molecule is COC1CCCN(Cc2ccc(F)cc2C#CCN)C1. The van der Waals surface area contributed by atoms with E-state index in [9.17, 15) is 4.39 Å². The minimum Gasteiger partial charge on any atom is -0.380 e. The first-order valence-corrected chi connectivity index (χ1v) is 6.95. The highest BCUT2D eigenvalue weighted by molar-refractivity contribution is 5.41. The Morgan fingerprint density at radius 3 is 3.10 bits per heavy atom. The molecule has 0 bridgehead atoms. The highest BCUT2D eigenvalue weighted by atomic mass is 19.1. The Labute approximate surface area is 119 Å². The van der Waals surface area contributed by atoms with E-state index in [4.69, 9.17) is 10.5 Å². The van der Waals surface area contributed by atoms with Crippen molar-refractivity contribution in [2.24, 2.45) is 5.73 Å². The van der Waals surface area contributed by atoms with Crippen LogP contribution < -0.4 is 5.73 Å². The second-order valence-electron chi connectivity index (χ2n) is 5.04. The molecule has 4 heteroatoms. The minimum atomic E-state index is -0.261. The van der Waals surface area contributed by atoms with Gasteiger partial charge in [-0.05, 0) is 37.1 Å². The van der Waals surface area contributed by atoms with Gasteiger partial charge < -0.3 is 10.5 Å². The van der Waals surface area contributed by atoms with Crippen LogP contribution in [-0.4, -0.2) is 37.7 Å². The second-order valence-corrected chi connectivity index (χ2v) is 5.04. The van der Waals surface area contributed by atoms with Crippen molar-refractivity contribution in [3.8, 4) is 11.8 Å². The molecule has 20 heavy (non-hydrogen) atoms. The Morgan fingerprint density at radius 1 is 1.50 bits per heavy atom. The van der Waals surface area contributed by atoms with Crippen LogP contribution in [0.3, 0.4) is 0 Å². The lowest BCUT2D eigenvalue weighted by atomic mass is 10.0. The maximum absolute atomic E-state index is 13.3. The fourth-order valence-electron chi connectivity index (χ4n) is 2.54. The molecular weight excluding hydrogens is 255 g/mol. The molecule has 1 aliphatic rings. The maximum Gasteiger partial charge on any atom is 0.124 e. The van der Waals surface area contributed by atoms with Gasteiger partial charge in [-0.25, -0.2) is 4.39 Å². The zero-order chi connectivity index (χ0) is 14.4. The highest BCUT2D eigenvalue weighted by Crippen LogP contribution is 2.18. The van der Waals surface area contributed by atoms with Gasteiger partial charge in [0, 0.05) is 25.8 Å². The third-order valence-corrected chi connectivity index (χ3v) is 3.59. The standard InChI is InChI=1S/C16H21FN2O/c1-20-16-5-3-9-19(12-16)11-14-6-7-15(17)10-13(14)4-2-8-18/h6-7,10,16H,3,5,8-9,11-12,18H2,1H3. The Balaban J connectivity index is 2.12. The lowest BCUT2D eigenvalue weighted by Crippen LogP contribution is -2.38. The van der Waals surface area contributed by atoms with E-state index in [-0.39, 0.29) is 12.4 Å². The van der Waals surface area contributed by atoms with Gasteiger partial charge in [0.15, 0.2) is 0 Å². The molecule has 0 amide bonds. The Morgan fingerprint density at radius 2 is 2.35 bits per heavy atom. The average molecular weight is 276 g/mol. The molecule has 3 nitrogen and oxygen atoms in total. The van der Waals surface area contributed by atoms with Gasteiger partial charge in [-0.3, -0.25) is 4.90 Å². The van der Waals surface area contributed by atoms with E-state index in [1.54, 1.807) is 7.11 Å².